The predicted octanol–water partition coefficient (Wildman–Crippen LogP) is 2.52. The summed E-state index contributed by atoms with van der Waals surface area (Å²) in [7, 11) is 0. The lowest BCUT2D eigenvalue weighted by Gasteiger charge is -2.28. The van der Waals surface area contributed by atoms with Crippen LogP contribution in [0.1, 0.15) is 26.3 Å². The zero-order valence-corrected chi connectivity index (χ0v) is 11.5. The van der Waals surface area contributed by atoms with Gasteiger partial charge in [0, 0.05) is 13.1 Å². The molecule has 0 amide bonds. The minimum Gasteiger partial charge on any atom is -0.398 e. The van der Waals surface area contributed by atoms with Crippen LogP contribution < -0.4 is 5.73 Å². The van der Waals surface area contributed by atoms with E-state index in [1.165, 1.54) is 0 Å². The largest absolute Gasteiger partial charge is 0.398 e. The number of aliphatic hydroxyl groups is 1. The summed E-state index contributed by atoms with van der Waals surface area (Å²) in [5, 5.41) is 10.4. The van der Waals surface area contributed by atoms with Crippen LogP contribution in [-0.2, 0) is 6.54 Å². The number of hydrogen-bond donors (Lipinski definition) is 2. The second-order valence-electron chi connectivity index (χ2n) is 4.97. The van der Waals surface area contributed by atoms with Gasteiger partial charge in [0.1, 0.15) is 0 Å². The number of nitrogens with two attached hydrogens (primary N) is 1. The number of likely N-dealkylation sites (N-methyl/N-ethyl adjacent to an activating group) is 1. The van der Waals surface area contributed by atoms with Gasteiger partial charge in [-0.1, -0.05) is 24.6 Å². The fraction of sp³-hybridized carbons (Fsp3) is 0.538. The maximum atomic E-state index is 9.81. The van der Waals surface area contributed by atoms with E-state index in [4.69, 9.17) is 17.3 Å². The number of halogens is 1. The quantitative estimate of drug-likeness (QED) is 0.796. The van der Waals surface area contributed by atoms with Crippen molar-refractivity contribution in [2.75, 3.05) is 18.8 Å². The average Bonchev–Trinajstić information content (AvgIpc) is 2.20. The van der Waals surface area contributed by atoms with Crippen molar-refractivity contribution >= 4 is 17.3 Å². The van der Waals surface area contributed by atoms with Crippen LogP contribution in [0, 0.1) is 0 Å². The highest BCUT2D eigenvalue weighted by molar-refractivity contribution is 6.33. The van der Waals surface area contributed by atoms with E-state index in [1.54, 1.807) is 0 Å². The van der Waals surface area contributed by atoms with Crippen molar-refractivity contribution in [2.45, 2.75) is 32.9 Å². The van der Waals surface area contributed by atoms with Gasteiger partial charge in [-0.25, -0.2) is 0 Å². The summed E-state index contributed by atoms with van der Waals surface area (Å²) >= 11 is 5.88. The molecule has 0 aliphatic rings. The van der Waals surface area contributed by atoms with E-state index >= 15 is 0 Å². The van der Waals surface area contributed by atoms with Crippen molar-refractivity contribution < 1.29 is 5.11 Å². The highest BCUT2D eigenvalue weighted by Crippen LogP contribution is 2.20. The molecule has 0 aliphatic heterocycles. The first kappa shape index (κ1) is 14.3. The molecule has 0 aliphatic carbocycles. The SMILES string of the molecule is CCN(Cc1ccc(Cl)c(N)c1)CC(C)(C)O. The molecule has 3 N–H and O–H groups in total. The molecule has 0 radical (unpaired) electrons. The minimum atomic E-state index is -0.687. The Kier molecular flexibility index (Phi) is 4.80. The average molecular weight is 257 g/mol. The second-order valence-corrected chi connectivity index (χ2v) is 5.38. The summed E-state index contributed by atoms with van der Waals surface area (Å²) in [6, 6.07) is 5.66. The van der Waals surface area contributed by atoms with E-state index in [0.29, 0.717) is 17.3 Å². The third-order valence-corrected chi connectivity index (χ3v) is 2.87. The van der Waals surface area contributed by atoms with Crippen LogP contribution in [0.3, 0.4) is 0 Å². The zero-order chi connectivity index (χ0) is 13.1. The van der Waals surface area contributed by atoms with Crippen LogP contribution in [0.15, 0.2) is 18.2 Å². The first-order valence-electron chi connectivity index (χ1n) is 5.80. The first-order valence-corrected chi connectivity index (χ1v) is 6.18. The molecule has 0 saturated carbocycles. The third kappa shape index (κ3) is 4.94. The monoisotopic (exact) mass is 256 g/mol. The highest BCUT2D eigenvalue weighted by atomic mass is 35.5. The Morgan fingerprint density at radius 1 is 1.41 bits per heavy atom. The Labute approximate surface area is 108 Å². The molecular weight excluding hydrogens is 236 g/mol. The number of rotatable bonds is 5. The third-order valence-electron chi connectivity index (χ3n) is 2.52. The summed E-state index contributed by atoms with van der Waals surface area (Å²) in [4.78, 5) is 2.17. The Balaban J connectivity index is 2.70. The number of nitrogen functional groups attached to an aromatic ring is 1. The Bertz CT molecular complexity index is 374. The topological polar surface area (TPSA) is 49.5 Å². The molecule has 0 atom stereocenters. The molecule has 0 unspecified atom stereocenters. The van der Waals surface area contributed by atoms with Gasteiger partial charge >= 0.3 is 0 Å². The van der Waals surface area contributed by atoms with Gasteiger partial charge in [-0.2, -0.15) is 0 Å². The Hall–Kier alpha value is -0.770. The van der Waals surface area contributed by atoms with Gasteiger partial charge in [-0.15, -0.1) is 0 Å². The zero-order valence-electron chi connectivity index (χ0n) is 10.7. The lowest BCUT2D eigenvalue weighted by Crippen LogP contribution is -2.38. The van der Waals surface area contributed by atoms with Crippen LogP contribution in [-0.4, -0.2) is 28.7 Å². The molecular formula is C13H21ClN2O. The molecule has 96 valence electrons. The van der Waals surface area contributed by atoms with E-state index in [0.717, 1.165) is 18.7 Å². The molecule has 17 heavy (non-hydrogen) atoms. The van der Waals surface area contributed by atoms with E-state index < -0.39 is 5.60 Å². The molecule has 1 aromatic carbocycles. The van der Waals surface area contributed by atoms with Crippen LogP contribution in [0.25, 0.3) is 0 Å². The maximum Gasteiger partial charge on any atom is 0.0718 e. The fourth-order valence-corrected chi connectivity index (χ4v) is 1.89. The van der Waals surface area contributed by atoms with E-state index in [2.05, 4.69) is 11.8 Å². The summed E-state index contributed by atoms with van der Waals surface area (Å²) < 4.78 is 0. The van der Waals surface area contributed by atoms with Crippen molar-refractivity contribution in [1.82, 2.24) is 4.90 Å². The Morgan fingerprint density at radius 3 is 2.53 bits per heavy atom. The van der Waals surface area contributed by atoms with Crippen molar-refractivity contribution in [3.05, 3.63) is 28.8 Å². The van der Waals surface area contributed by atoms with Crippen LogP contribution in [0.5, 0.6) is 0 Å². The highest BCUT2D eigenvalue weighted by Gasteiger charge is 2.17. The number of anilines is 1. The van der Waals surface area contributed by atoms with Crippen molar-refractivity contribution in [2.24, 2.45) is 0 Å². The van der Waals surface area contributed by atoms with Crippen LogP contribution in [0.2, 0.25) is 5.02 Å². The number of benzene rings is 1. The van der Waals surface area contributed by atoms with Gasteiger partial charge in [0.2, 0.25) is 0 Å². The fourth-order valence-electron chi connectivity index (χ4n) is 1.78. The van der Waals surface area contributed by atoms with Gasteiger partial charge in [-0.3, -0.25) is 4.90 Å². The number of hydrogen-bond acceptors (Lipinski definition) is 3. The number of nitrogens with zero attached hydrogens (tertiary/aromatic N) is 1. The molecule has 1 aromatic rings. The molecule has 0 fully saturated rings. The predicted molar refractivity (Wildman–Crippen MR) is 73.1 cm³/mol. The lowest BCUT2D eigenvalue weighted by atomic mass is 10.1. The first-order chi connectivity index (χ1) is 7.81. The summed E-state index contributed by atoms with van der Waals surface area (Å²) in [5.41, 5.74) is 6.79. The molecule has 4 heteroatoms. The molecule has 0 aromatic heterocycles. The van der Waals surface area contributed by atoms with E-state index in [1.807, 2.05) is 32.0 Å². The minimum absolute atomic E-state index is 0.583. The van der Waals surface area contributed by atoms with Gasteiger partial charge < -0.3 is 10.8 Å². The van der Waals surface area contributed by atoms with Gasteiger partial charge in [-0.05, 0) is 38.1 Å². The normalized spacial score (nSPS) is 12.1. The summed E-state index contributed by atoms with van der Waals surface area (Å²) in [6.45, 7) is 7.98. The lowest BCUT2D eigenvalue weighted by molar-refractivity contribution is 0.0353. The van der Waals surface area contributed by atoms with Crippen molar-refractivity contribution in [3.8, 4) is 0 Å². The smallest absolute Gasteiger partial charge is 0.0718 e. The van der Waals surface area contributed by atoms with Gasteiger partial charge in [0.15, 0.2) is 0 Å². The van der Waals surface area contributed by atoms with Gasteiger partial charge in [0.25, 0.3) is 0 Å². The molecule has 0 heterocycles. The van der Waals surface area contributed by atoms with Crippen LogP contribution >= 0.6 is 11.6 Å². The van der Waals surface area contributed by atoms with Crippen LogP contribution in [0.4, 0.5) is 5.69 Å². The molecule has 3 nitrogen and oxygen atoms in total. The summed E-state index contributed by atoms with van der Waals surface area (Å²) in [6.07, 6.45) is 0. The maximum absolute atomic E-state index is 9.81. The van der Waals surface area contributed by atoms with Crippen molar-refractivity contribution in [1.29, 1.82) is 0 Å². The van der Waals surface area contributed by atoms with E-state index in [9.17, 15) is 5.11 Å². The molecule has 1 rings (SSSR count). The standard InChI is InChI=1S/C13H21ClN2O/c1-4-16(9-13(2,3)17)8-10-5-6-11(14)12(15)7-10/h5-7,17H,4,8-9,15H2,1-3H3. The van der Waals surface area contributed by atoms with Crippen molar-refractivity contribution in [3.63, 3.8) is 0 Å². The molecule has 0 bridgehead atoms. The van der Waals surface area contributed by atoms with Gasteiger partial charge in [0.05, 0.1) is 16.3 Å². The summed E-state index contributed by atoms with van der Waals surface area (Å²) in [5.74, 6) is 0. The van der Waals surface area contributed by atoms with E-state index in [-0.39, 0.29) is 0 Å². The molecule has 0 spiro atoms. The second kappa shape index (κ2) is 5.71. The molecule has 0 saturated heterocycles. The Morgan fingerprint density at radius 2 is 2.06 bits per heavy atom.